The van der Waals surface area contributed by atoms with Crippen LogP contribution in [0.25, 0.3) is 0 Å². The van der Waals surface area contributed by atoms with Crippen molar-refractivity contribution in [2.45, 2.75) is 39.0 Å². The summed E-state index contributed by atoms with van der Waals surface area (Å²) in [5.74, 6) is 1.53. The minimum atomic E-state index is -0.0562. The number of para-hydroxylation sites is 1. The summed E-state index contributed by atoms with van der Waals surface area (Å²) in [7, 11) is 0. The molecule has 0 spiro atoms. The summed E-state index contributed by atoms with van der Waals surface area (Å²) in [5, 5.41) is 3.10. The quantitative estimate of drug-likeness (QED) is 0.884. The lowest BCUT2D eigenvalue weighted by Crippen LogP contribution is -2.35. The van der Waals surface area contributed by atoms with Crippen LogP contribution in [0, 0.1) is 5.92 Å². The Labute approximate surface area is 115 Å². The number of rotatable bonds is 5. The SMILES string of the molecule is CCC(CC)CNC(=O)C1CCOc2ccccc21. The van der Waals surface area contributed by atoms with Crippen molar-refractivity contribution in [3.05, 3.63) is 29.8 Å². The zero-order valence-corrected chi connectivity index (χ0v) is 11.8. The molecule has 1 N–H and O–H groups in total. The molecule has 1 aromatic carbocycles. The van der Waals surface area contributed by atoms with E-state index in [0.29, 0.717) is 12.5 Å². The average molecular weight is 261 g/mol. The zero-order valence-electron chi connectivity index (χ0n) is 11.8. The van der Waals surface area contributed by atoms with E-state index in [-0.39, 0.29) is 11.8 Å². The number of carbonyl (C=O) groups is 1. The van der Waals surface area contributed by atoms with E-state index in [1.807, 2.05) is 24.3 Å². The maximum Gasteiger partial charge on any atom is 0.227 e. The first-order chi connectivity index (χ1) is 9.26. The van der Waals surface area contributed by atoms with Crippen molar-refractivity contribution in [1.82, 2.24) is 5.32 Å². The molecule has 1 unspecified atom stereocenters. The van der Waals surface area contributed by atoms with Crippen LogP contribution in [0.1, 0.15) is 44.6 Å². The second-order valence-electron chi connectivity index (χ2n) is 5.16. The second kappa shape index (κ2) is 6.60. The topological polar surface area (TPSA) is 38.3 Å². The Bertz CT molecular complexity index is 427. The van der Waals surface area contributed by atoms with Gasteiger partial charge in [-0.05, 0) is 18.4 Å². The van der Waals surface area contributed by atoms with E-state index in [0.717, 1.165) is 37.1 Å². The van der Waals surface area contributed by atoms with Crippen LogP contribution in [-0.4, -0.2) is 19.1 Å². The number of hydrogen-bond donors (Lipinski definition) is 1. The fourth-order valence-electron chi connectivity index (χ4n) is 2.56. The average Bonchev–Trinajstić information content (AvgIpc) is 2.47. The predicted molar refractivity (Wildman–Crippen MR) is 76.4 cm³/mol. The molecule has 1 amide bonds. The third-order valence-electron chi connectivity index (χ3n) is 3.99. The molecule has 1 aliphatic heterocycles. The van der Waals surface area contributed by atoms with E-state index in [2.05, 4.69) is 19.2 Å². The Hall–Kier alpha value is -1.51. The molecule has 3 nitrogen and oxygen atoms in total. The van der Waals surface area contributed by atoms with Gasteiger partial charge >= 0.3 is 0 Å². The van der Waals surface area contributed by atoms with Crippen molar-refractivity contribution in [2.24, 2.45) is 5.92 Å². The van der Waals surface area contributed by atoms with Gasteiger partial charge in [-0.3, -0.25) is 4.79 Å². The highest BCUT2D eigenvalue weighted by Crippen LogP contribution is 2.33. The minimum Gasteiger partial charge on any atom is -0.493 e. The van der Waals surface area contributed by atoms with E-state index in [4.69, 9.17) is 4.74 Å². The zero-order chi connectivity index (χ0) is 13.7. The van der Waals surface area contributed by atoms with Crippen molar-refractivity contribution in [3.8, 4) is 5.75 Å². The third-order valence-corrected chi connectivity index (χ3v) is 3.99. The van der Waals surface area contributed by atoms with Gasteiger partial charge in [0.25, 0.3) is 0 Å². The number of fused-ring (bicyclic) bond motifs is 1. The molecular formula is C16H23NO2. The first kappa shape index (κ1) is 13.9. The normalized spacial score (nSPS) is 17.7. The van der Waals surface area contributed by atoms with Crippen molar-refractivity contribution in [2.75, 3.05) is 13.2 Å². The monoisotopic (exact) mass is 261 g/mol. The fourth-order valence-corrected chi connectivity index (χ4v) is 2.56. The fraction of sp³-hybridized carbons (Fsp3) is 0.562. The van der Waals surface area contributed by atoms with Crippen LogP contribution < -0.4 is 10.1 Å². The van der Waals surface area contributed by atoms with Crippen LogP contribution in [0.2, 0.25) is 0 Å². The summed E-state index contributed by atoms with van der Waals surface area (Å²) in [6.07, 6.45) is 2.99. The van der Waals surface area contributed by atoms with Crippen LogP contribution in [0.15, 0.2) is 24.3 Å². The van der Waals surface area contributed by atoms with Gasteiger partial charge in [-0.1, -0.05) is 44.9 Å². The summed E-state index contributed by atoms with van der Waals surface area (Å²) in [6, 6.07) is 7.85. The summed E-state index contributed by atoms with van der Waals surface area (Å²) in [4.78, 5) is 12.3. The Balaban J connectivity index is 2.01. The first-order valence-electron chi connectivity index (χ1n) is 7.25. The highest BCUT2D eigenvalue weighted by Gasteiger charge is 2.27. The summed E-state index contributed by atoms with van der Waals surface area (Å²) >= 11 is 0. The molecule has 2 rings (SSSR count). The maximum absolute atomic E-state index is 12.3. The molecule has 19 heavy (non-hydrogen) atoms. The molecule has 0 aliphatic carbocycles. The molecule has 1 heterocycles. The number of carbonyl (C=O) groups excluding carboxylic acids is 1. The number of amides is 1. The van der Waals surface area contributed by atoms with Gasteiger partial charge in [0.2, 0.25) is 5.91 Å². The van der Waals surface area contributed by atoms with E-state index < -0.39 is 0 Å². The number of benzene rings is 1. The highest BCUT2D eigenvalue weighted by molar-refractivity contribution is 5.84. The van der Waals surface area contributed by atoms with Gasteiger partial charge in [0.15, 0.2) is 0 Å². The summed E-state index contributed by atoms with van der Waals surface area (Å²) < 4.78 is 5.59. The summed E-state index contributed by atoms with van der Waals surface area (Å²) in [5.41, 5.74) is 1.02. The van der Waals surface area contributed by atoms with Gasteiger partial charge in [-0.2, -0.15) is 0 Å². The molecular weight excluding hydrogens is 238 g/mol. The molecule has 0 saturated carbocycles. The number of ether oxygens (including phenoxy) is 1. The van der Waals surface area contributed by atoms with Crippen LogP contribution in [0.4, 0.5) is 0 Å². The van der Waals surface area contributed by atoms with Crippen LogP contribution in [0.3, 0.4) is 0 Å². The Morgan fingerprint density at radius 1 is 1.37 bits per heavy atom. The number of nitrogens with one attached hydrogen (secondary N) is 1. The molecule has 1 aromatic rings. The Morgan fingerprint density at radius 3 is 2.84 bits per heavy atom. The lowest BCUT2D eigenvalue weighted by atomic mass is 9.92. The maximum atomic E-state index is 12.3. The molecule has 0 aromatic heterocycles. The van der Waals surface area contributed by atoms with E-state index in [1.54, 1.807) is 0 Å². The predicted octanol–water partition coefficient (Wildman–Crippen LogP) is 3.11. The van der Waals surface area contributed by atoms with Crippen LogP contribution in [0.5, 0.6) is 5.75 Å². The van der Waals surface area contributed by atoms with Crippen LogP contribution in [-0.2, 0) is 4.79 Å². The van der Waals surface area contributed by atoms with Crippen molar-refractivity contribution in [3.63, 3.8) is 0 Å². The molecule has 0 radical (unpaired) electrons. The van der Waals surface area contributed by atoms with Crippen LogP contribution >= 0.6 is 0 Å². The lowest BCUT2D eigenvalue weighted by molar-refractivity contribution is -0.123. The van der Waals surface area contributed by atoms with Gasteiger partial charge in [0.1, 0.15) is 5.75 Å². The molecule has 0 bridgehead atoms. The third kappa shape index (κ3) is 3.28. The van der Waals surface area contributed by atoms with E-state index in [9.17, 15) is 4.79 Å². The van der Waals surface area contributed by atoms with Gasteiger partial charge in [0.05, 0.1) is 12.5 Å². The Kier molecular flexibility index (Phi) is 4.83. The molecule has 0 fully saturated rings. The van der Waals surface area contributed by atoms with Gasteiger partial charge in [-0.25, -0.2) is 0 Å². The second-order valence-corrected chi connectivity index (χ2v) is 5.16. The van der Waals surface area contributed by atoms with E-state index >= 15 is 0 Å². The van der Waals surface area contributed by atoms with Gasteiger partial charge in [0, 0.05) is 12.1 Å². The lowest BCUT2D eigenvalue weighted by Gasteiger charge is -2.25. The number of hydrogen-bond acceptors (Lipinski definition) is 2. The minimum absolute atomic E-state index is 0.0562. The molecule has 3 heteroatoms. The Morgan fingerprint density at radius 2 is 2.11 bits per heavy atom. The standard InChI is InChI=1S/C16H23NO2/c1-3-12(4-2)11-17-16(18)14-9-10-19-15-8-6-5-7-13(14)15/h5-8,12,14H,3-4,9-11H2,1-2H3,(H,17,18). The highest BCUT2D eigenvalue weighted by atomic mass is 16.5. The first-order valence-corrected chi connectivity index (χ1v) is 7.25. The van der Waals surface area contributed by atoms with Gasteiger partial charge in [-0.15, -0.1) is 0 Å². The molecule has 1 aliphatic rings. The van der Waals surface area contributed by atoms with Crippen molar-refractivity contribution < 1.29 is 9.53 Å². The largest absolute Gasteiger partial charge is 0.493 e. The molecule has 1 atom stereocenters. The smallest absolute Gasteiger partial charge is 0.227 e. The summed E-state index contributed by atoms with van der Waals surface area (Å²) in [6.45, 7) is 5.75. The van der Waals surface area contributed by atoms with Crippen molar-refractivity contribution >= 4 is 5.91 Å². The molecule has 104 valence electrons. The molecule has 0 saturated heterocycles. The van der Waals surface area contributed by atoms with Gasteiger partial charge < -0.3 is 10.1 Å². The van der Waals surface area contributed by atoms with Crippen molar-refractivity contribution in [1.29, 1.82) is 0 Å². The van der Waals surface area contributed by atoms with E-state index in [1.165, 1.54) is 0 Å².